The van der Waals surface area contributed by atoms with Crippen LogP contribution in [0.4, 0.5) is 16.2 Å². The van der Waals surface area contributed by atoms with Gasteiger partial charge in [-0.1, -0.05) is 30.3 Å². The molecule has 0 aliphatic carbocycles. The van der Waals surface area contributed by atoms with Crippen LogP contribution in [-0.2, 0) is 0 Å². The molecular weight excluding hydrogens is 355 g/mol. The normalized spacial score (nSPS) is 14.1. The molecule has 0 atom stereocenters. The van der Waals surface area contributed by atoms with E-state index in [4.69, 9.17) is 10.7 Å². The summed E-state index contributed by atoms with van der Waals surface area (Å²) in [5, 5.41) is 5.28. The summed E-state index contributed by atoms with van der Waals surface area (Å²) in [5.74, 6) is 0.733. The predicted molar refractivity (Wildman–Crippen MR) is 108 cm³/mol. The third-order valence-electron chi connectivity index (χ3n) is 5.04. The molecule has 1 fully saturated rings. The highest BCUT2D eigenvalue weighted by atomic mass is 19.1. The van der Waals surface area contributed by atoms with Crippen LogP contribution in [0.2, 0.25) is 0 Å². The van der Waals surface area contributed by atoms with E-state index in [1.807, 2.05) is 36.4 Å². The zero-order chi connectivity index (χ0) is 19.1. The van der Waals surface area contributed by atoms with Crippen LogP contribution in [0.15, 0.2) is 54.6 Å². The van der Waals surface area contributed by atoms with Crippen LogP contribution < -0.4 is 10.6 Å². The maximum Gasteiger partial charge on any atom is 0.228 e. The average Bonchev–Trinajstić information content (AvgIpc) is 3.37. The molecule has 7 heteroatoms. The Labute approximate surface area is 161 Å². The molecule has 0 unspecified atom stereocenters. The largest absolute Gasteiger partial charge is 0.383 e. The van der Waals surface area contributed by atoms with Gasteiger partial charge < -0.3 is 10.6 Å². The monoisotopic (exact) mass is 374 g/mol. The Bertz CT molecular complexity index is 1150. The summed E-state index contributed by atoms with van der Waals surface area (Å²) >= 11 is 0. The highest BCUT2D eigenvalue weighted by molar-refractivity contribution is 5.99. The van der Waals surface area contributed by atoms with Gasteiger partial charge in [0.15, 0.2) is 5.65 Å². The Morgan fingerprint density at radius 3 is 2.46 bits per heavy atom. The van der Waals surface area contributed by atoms with Crippen molar-refractivity contribution < 1.29 is 4.39 Å². The first-order valence-corrected chi connectivity index (χ1v) is 9.33. The topological polar surface area (TPSA) is 72.9 Å². The molecule has 2 aromatic heterocycles. The fourth-order valence-corrected chi connectivity index (χ4v) is 3.67. The number of halogens is 1. The van der Waals surface area contributed by atoms with E-state index >= 15 is 0 Å². The number of nitrogens with two attached hydrogens (primary N) is 1. The van der Waals surface area contributed by atoms with Gasteiger partial charge in [-0.05, 0) is 37.1 Å². The van der Waals surface area contributed by atoms with E-state index in [9.17, 15) is 4.39 Å². The Morgan fingerprint density at radius 1 is 0.929 bits per heavy atom. The zero-order valence-corrected chi connectivity index (χ0v) is 15.2. The van der Waals surface area contributed by atoms with Crippen molar-refractivity contribution in [1.82, 2.24) is 19.7 Å². The first-order valence-electron chi connectivity index (χ1n) is 9.33. The molecule has 0 amide bonds. The van der Waals surface area contributed by atoms with Crippen LogP contribution >= 0.6 is 0 Å². The minimum Gasteiger partial charge on any atom is -0.383 e. The van der Waals surface area contributed by atoms with E-state index in [1.165, 1.54) is 12.1 Å². The van der Waals surface area contributed by atoms with E-state index in [2.05, 4.69) is 15.0 Å². The Hall–Kier alpha value is -3.48. The molecule has 4 aromatic rings. The van der Waals surface area contributed by atoms with Crippen molar-refractivity contribution in [3.8, 4) is 16.9 Å². The lowest BCUT2D eigenvalue weighted by atomic mass is 10.1. The third kappa shape index (κ3) is 2.76. The molecule has 1 aliphatic rings. The number of rotatable bonds is 3. The van der Waals surface area contributed by atoms with Crippen molar-refractivity contribution in [1.29, 1.82) is 0 Å². The van der Waals surface area contributed by atoms with Gasteiger partial charge in [-0.25, -0.2) is 14.1 Å². The van der Waals surface area contributed by atoms with Gasteiger partial charge in [0, 0.05) is 18.7 Å². The fraction of sp³-hybridized carbons (Fsp3) is 0.190. The summed E-state index contributed by atoms with van der Waals surface area (Å²) in [6, 6.07) is 16.0. The number of hydrogen-bond acceptors (Lipinski definition) is 5. The number of nitrogens with zero attached hydrogens (tertiary/aromatic N) is 5. The Morgan fingerprint density at radius 2 is 1.71 bits per heavy atom. The molecule has 0 radical (unpaired) electrons. The lowest BCUT2D eigenvalue weighted by Crippen LogP contribution is -2.20. The Balaban J connectivity index is 1.78. The molecule has 140 valence electrons. The average molecular weight is 374 g/mol. The first-order chi connectivity index (χ1) is 13.7. The number of nitrogen functional groups attached to an aromatic ring is 1. The van der Waals surface area contributed by atoms with Crippen LogP contribution in [0.3, 0.4) is 0 Å². The molecule has 5 rings (SSSR count). The van der Waals surface area contributed by atoms with Crippen LogP contribution in [-0.4, -0.2) is 32.8 Å². The quantitative estimate of drug-likeness (QED) is 0.590. The molecule has 0 bridgehead atoms. The second-order valence-corrected chi connectivity index (χ2v) is 6.91. The van der Waals surface area contributed by atoms with Gasteiger partial charge >= 0.3 is 0 Å². The fourth-order valence-electron chi connectivity index (χ4n) is 3.67. The summed E-state index contributed by atoms with van der Waals surface area (Å²) in [5.41, 5.74) is 9.08. The SMILES string of the molecule is Nc1c2c(-c3cccc(F)c3)nc(N3CCCC3)nc2nn1-c1ccccc1. The van der Waals surface area contributed by atoms with Gasteiger partial charge in [0.1, 0.15) is 11.6 Å². The van der Waals surface area contributed by atoms with Gasteiger partial charge in [0.25, 0.3) is 0 Å². The second-order valence-electron chi connectivity index (χ2n) is 6.91. The number of hydrogen-bond donors (Lipinski definition) is 1. The zero-order valence-electron chi connectivity index (χ0n) is 15.2. The predicted octanol–water partition coefficient (Wildman–Crippen LogP) is 3.80. The second kappa shape index (κ2) is 6.60. The summed E-state index contributed by atoms with van der Waals surface area (Å²) in [7, 11) is 0. The van der Waals surface area contributed by atoms with Crippen LogP contribution in [0, 0.1) is 5.82 Å². The first kappa shape index (κ1) is 16.7. The molecular formula is C21H19FN6. The minimum atomic E-state index is -0.319. The molecule has 0 saturated carbocycles. The molecule has 3 heterocycles. The van der Waals surface area contributed by atoms with Crippen LogP contribution in [0.1, 0.15) is 12.8 Å². The third-order valence-corrected chi connectivity index (χ3v) is 5.04. The number of fused-ring (bicyclic) bond motifs is 1. The molecule has 0 spiro atoms. The standard InChI is InChI=1S/C21H19FN6/c22-15-8-6-7-14(13-15)18-17-19(23)28(16-9-2-1-3-10-16)26-20(17)25-21(24-18)27-11-4-5-12-27/h1-3,6-10,13H,4-5,11-12,23H2. The molecule has 1 saturated heterocycles. The number of para-hydroxylation sites is 1. The van der Waals surface area contributed by atoms with E-state index in [1.54, 1.807) is 10.7 Å². The summed E-state index contributed by atoms with van der Waals surface area (Å²) in [6.07, 6.45) is 2.22. The lowest BCUT2D eigenvalue weighted by Gasteiger charge is -2.16. The maximum atomic E-state index is 13.9. The van der Waals surface area contributed by atoms with Crippen LogP contribution in [0.25, 0.3) is 28.0 Å². The van der Waals surface area contributed by atoms with Gasteiger partial charge in [-0.15, -0.1) is 5.10 Å². The van der Waals surface area contributed by atoms with Crippen molar-refractivity contribution in [3.63, 3.8) is 0 Å². The molecule has 2 N–H and O–H groups in total. The van der Waals surface area contributed by atoms with Gasteiger partial charge in [-0.2, -0.15) is 4.98 Å². The van der Waals surface area contributed by atoms with Crippen molar-refractivity contribution in [2.45, 2.75) is 12.8 Å². The minimum absolute atomic E-state index is 0.319. The molecule has 1 aliphatic heterocycles. The van der Waals surface area contributed by atoms with Crippen LogP contribution in [0.5, 0.6) is 0 Å². The van der Waals surface area contributed by atoms with Gasteiger partial charge in [-0.3, -0.25) is 0 Å². The Kier molecular flexibility index (Phi) is 3.93. The summed E-state index contributed by atoms with van der Waals surface area (Å²) < 4.78 is 15.6. The molecule has 28 heavy (non-hydrogen) atoms. The van der Waals surface area contributed by atoms with Crippen molar-refractivity contribution >= 4 is 22.8 Å². The summed E-state index contributed by atoms with van der Waals surface area (Å²) in [6.45, 7) is 1.81. The maximum absolute atomic E-state index is 13.9. The van der Waals surface area contributed by atoms with Gasteiger partial charge in [0.2, 0.25) is 5.95 Å². The molecule has 6 nitrogen and oxygen atoms in total. The van der Waals surface area contributed by atoms with E-state index in [0.717, 1.165) is 31.6 Å². The number of benzene rings is 2. The lowest BCUT2D eigenvalue weighted by molar-refractivity contribution is 0.628. The van der Waals surface area contributed by atoms with E-state index in [0.29, 0.717) is 34.1 Å². The van der Waals surface area contributed by atoms with E-state index in [-0.39, 0.29) is 5.82 Å². The molecule has 2 aromatic carbocycles. The number of aromatic nitrogens is 4. The van der Waals surface area contributed by atoms with Gasteiger partial charge in [0.05, 0.1) is 16.8 Å². The van der Waals surface area contributed by atoms with Crippen molar-refractivity contribution in [3.05, 3.63) is 60.4 Å². The number of anilines is 2. The van der Waals surface area contributed by atoms with Crippen molar-refractivity contribution in [2.75, 3.05) is 23.7 Å². The summed E-state index contributed by atoms with van der Waals surface area (Å²) in [4.78, 5) is 11.6. The highest BCUT2D eigenvalue weighted by Crippen LogP contribution is 2.34. The highest BCUT2D eigenvalue weighted by Gasteiger charge is 2.22. The van der Waals surface area contributed by atoms with Crippen molar-refractivity contribution in [2.24, 2.45) is 0 Å². The van der Waals surface area contributed by atoms with E-state index < -0.39 is 0 Å². The smallest absolute Gasteiger partial charge is 0.228 e.